The molecule has 7 aromatic rings. The summed E-state index contributed by atoms with van der Waals surface area (Å²) >= 11 is 1.79. The van der Waals surface area contributed by atoms with E-state index in [0.29, 0.717) is 11.3 Å². The molecule has 4 nitrogen and oxygen atoms in total. The van der Waals surface area contributed by atoms with Gasteiger partial charge < -0.3 is 9.40 Å². The number of nitrogens with zero attached hydrogens (tertiary/aromatic N) is 3. The zero-order valence-electron chi connectivity index (χ0n) is 27.2. The van der Waals surface area contributed by atoms with E-state index in [-0.39, 0.29) is 25.8 Å². The van der Waals surface area contributed by atoms with E-state index >= 15 is 0 Å². The molecule has 0 amide bonds. The number of furan rings is 1. The molecule has 0 saturated carbocycles. The Labute approximate surface area is 273 Å². The maximum absolute atomic E-state index is 7.61. The van der Waals surface area contributed by atoms with Gasteiger partial charge in [-0.2, -0.15) is 0 Å². The van der Waals surface area contributed by atoms with E-state index < -0.39 is 6.85 Å². The van der Waals surface area contributed by atoms with E-state index in [9.17, 15) is 0 Å². The van der Waals surface area contributed by atoms with Crippen LogP contribution in [-0.2, 0) is 32.9 Å². The van der Waals surface area contributed by atoms with Crippen molar-refractivity contribution in [2.24, 2.45) is 0 Å². The third-order valence-electron chi connectivity index (χ3n) is 7.99. The molecule has 1 aliphatic carbocycles. The van der Waals surface area contributed by atoms with Crippen LogP contribution < -0.4 is 0 Å². The SMILES string of the molecule is Cc1c[c-]c(-c2cc(C)c(C)cn2)cc1.[2H]C([2H])([2H])c1ccc2c(n1)oc1c(-c3ccc4c5c(sc4n3)CCCC5)[c-]ccc12.[Ir]. The van der Waals surface area contributed by atoms with E-state index in [1.165, 1.54) is 45.4 Å². The minimum absolute atomic E-state index is 0. The van der Waals surface area contributed by atoms with Gasteiger partial charge in [0, 0.05) is 51.8 Å². The number of benzene rings is 2. The number of thiophene rings is 1. The van der Waals surface area contributed by atoms with Gasteiger partial charge in [-0.3, -0.25) is 4.98 Å². The maximum Gasteiger partial charge on any atom is 0.216 e. The molecular weight excluding hydrogens is 727 g/mol. The summed E-state index contributed by atoms with van der Waals surface area (Å²) in [5, 5.41) is 2.94. The summed E-state index contributed by atoms with van der Waals surface area (Å²) in [7, 11) is 0. The third-order valence-corrected chi connectivity index (χ3v) is 9.20. The quantitative estimate of drug-likeness (QED) is 0.165. The van der Waals surface area contributed by atoms with Crippen LogP contribution in [0.25, 0.3) is 54.8 Å². The fourth-order valence-corrected chi connectivity index (χ4v) is 6.79. The standard InChI is InChI=1S/C23H17N2OS.C14H14N.Ir/c1-13-9-10-16-15-6-4-7-18(21(15)26-22(16)24-13)19-12-11-17-14-5-2-3-8-20(14)27-23(17)25-19;1-10-4-6-13(7-5-10)14-8-11(2)12(3)9-15-14;/h4,6,9-12H,2-3,5,8H2,1H3;4-6,8-9H,1-3H3;/q2*-1;/i1D3;;. The molecule has 0 fully saturated rings. The molecule has 5 aromatic heterocycles. The molecule has 2 aromatic carbocycles. The van der Waals surface area contributed by atoms with Gasteiger partial charge in [-0.25, -0.2) is 4.98 Å². The molecule has 6 heteroatoms. The van der Waals surface area contributed by atoms with E-state index in [2.05, 4.69) is 67.1 Å². The minimum atomic E-state index is -2.27. The van der Waals surface area contributed by atoms with Crippen molar-refractivity contribution in [1.82, 2.24) is 15.0 Å². The van der Waals surface area contributed by atoms with E-state index in [4.69, 9.17) is 13.5 Å². The monoisotopic (exact) mass is 761 g/mol. The number of fused-ring (bicyclic) bond motifs is 6. The Balaban J connectivity index is 0.000000197. The molecule has 0 bridgehead atoms. The van der Waals surface area contributed by atoms with Crippen LogP contribution in [0.15, 0.2) is 71.3 Å². The summed E-state index contributed by atoms with van der Waals surface area (Å²) in [5.74, 6) is 0. The van der Waals surface area contributed by atoms with Crippen LogP contribution in [0.5, 0.6) is 0 Å². The second-order valence-corrected chi connectivity index (χ2v) is 12.0. The van der Waals surface area contributed by atoms with Crippen molar-refractivity contribution in [3.63, 3.8) is 0 Å². The molecule has 0 atom stereocenters. The summed E-state index contributed by atoms with van der Waals surface area (Å²) in [6.07, 6.45) is 6.70. The zero-order valence-corrected chi connectivity index (χ0v) is 27.4. The van der Waals surface area contributed by atoms with Crippen LogP contribution in [0.3, 0.4) is 0 Å². The Bertz CT molecular complexity index is 2200. The van der Waals surface area contributed by atoms with Gasteiger partial charge in [-0.05, 0) is 81.0 Å². The van der Waals surface area contributed by atoms with Crippen molar-refractivity contribution in [2.45, 2.75) is 53.3 Å². The number of hydrogen-bond acceptors (Lipinski definition) is 5. The van der Waals surface area contributed by atoms with Gasteiger partial charge in [-0.1, -0.05) is 41.6 Å². The molecule has 0 aliphatic heterocycles. The first-order valence-corrected chi connectivity index (χ1v) is 15.1. The maximum atomic E-state index is 7.61. The number of rotatable bonds is 2. The second kappa shape index (κ2) is 12.1. The fourth-order valence-electron chi connectivity index (χ4n) is 5.53. The Morgan fingerprint density at radius 1 is 0.860 bits per heavy atom. The van der Waals surface area contributed by atoms with Gasteiger partial charge in [0.15, 0.2) is 0 Å². The van der Waals surface area contributed by atoms with Crippen molar-refractivity contribution in [3.05, 3.63) is 112 Å². The van der Waals surface area contributed by atoms with Crippen molar-refractivity contribution < 1.29 is 28.6 Å². The number of hydrogen-bond donors (Lipinski definition) is 0. The Morgan fingerprint density at radius 3 is 2.53 bits per heavy atom. The molecule has 1 radical (unpaired) electrons. The Morgan fingerprint density at radius 2 is 1.72 bits per heavy atom. The fraction of sp³-hybridized carbons (Fsp3) is 0.216. The van der Waals surface area contributed by atoms with Gasteiger partial charge in [0.2, 0.25) is 5.71 Å². The van der Waals surface area contributed by atoms with Gasteiger partial charge in [-0.15, -0.1) is 64.9 Å². The van der Waals surface area contributed by atoms with Crippen LogP contribution in [0.1, 0.15) is 49.8 Å². The molecule has 0 N–H and O–H groups in total. The van der Waals surface area contributed by atoms with E-state index in [1.54, 1.807) is 23.5 Å². The van der Waals surface area contributed by atoms with Gasteiger partial charge in [0.25, 0.3) is 0 Å². The first-order valence-electron chi connectivity index (χ1n) is 15.7. The smallest absolute Gasteiger partial charge is 0.216 e. The second-order valence-electron chi connectivity index (χ2n) is 10.9. The molecule has 217 valence electrons. The Hall–Kier alpha value is -3.70. The van der Waals surface area contributed by atoms with Crippen molar-refractivity contribution in [1.29, 1.82) is 0 Å². The summed E-state index contributed by atoms with van der Waals surface area (Å²) < 4.78 is 28.9. The summed E-state index contributed by atoms with van der Waals surface area (Å²) in [6.45, 7) is 3.97. The van der Waals surface area contributed by atoms with Gasteiger partial charge >= 0.3 is 0 Å². The van der Waals surface area contributed by atoms with Crippen LogP contribution in [0.4, 0.5) is 0 Å². The molecular formula is C37H31IrN3OS-2. The molecule has 1 aliphatic rings. The average Bonchev–Trinajstić information content (AvgIpc) is 3.60. The average molecular weight is 761 g/mol. The Kier molecular flexibility index (Phi) is 7.26. The summed E-state index contributed by atoms with van der Waals surface area (Å²) in [5.41, 5.74) is 9.82. The molecule has 43 heavy (non-hydrogen) atoms. The number of aryl methyl sites for hydroxylation is 6. The van der Waals surface area contributed by atoms with Crippen molar-refractivity contribution >= 4 is 43.6 Å². The molecule has 8 rings (SSSR count). The third kappa shape index (κ3) is 5.68. The van der Waals surface area contributed by atoms with E-state index in [1.807, 2.05) is 30.5 Å². The predicted octanol–water partition coefficient (Wildman–Crippen LogP) is 9.72. The molecule has 0 unspecified atom stereocenters. The first-order chi connectivity index (χ1) is 21.7. The van der Waals surface area contributed by atoms with Crippen LogP contribution >= 0.6 is 11.3 Å². The minimum Gasteiger partial charge on any atom is -0.486 e. The molecule has 0 saturated heterocycles. The number of aromatic nitrogens is 3. The predicted molar refractivity (Wildman–Crippen MR) is 173 cm³/mol. The van der Waals surface area contributed by atoms with Crippen LogP contribution in [0, 0.1) is 39.8 Å². The molecule has 0 spiro atoms. The van der Waals surface area contributed by atoms with E-state index in [0.717, 1.165) is 51.0 Å². The van der Waals surface area contributed by atoms with Crippen molar-refractivity contribution in [3.8, 4) is 22.5 Å². The van der Waals surface area contributed by atoms with Gasteiger partial charge in [0.1, 0.15) is 4.83 Å². The van der Waals surface area contributed by atoms with Gasteiger partial charge in [0.05, 0.1) is 5.58 Å². The number of pyridine rings is 3. The zero-order chi connectivity index (χ0) is 31.3. The van der Waals surface area contributed by atoms with Crippen LogP contribution in [-0.4, -0.2) is 15.0 Å². The van der Waals surface area contributed by atoms with Crippen LogP contribution in [0.2, 0.25) is 0 Å². The normalized spacial score (nSPS) is 13.9. The summed E-state index contributed by atoms with van der Waals surface area (Å²) in [6, 6.07) is 26.0. The summed E-state index contributed by atoms with van der Waals surface area (Å²) in [4.78, 5) is 16.1. The molecule has 5 heterocycles. The largest absolute Gasteiger partial charge is 0.486 e. The van der Waals surface area contributed by atoms with Crippen molar-refractivity contribution in [2.75, 3.05) is 0 Å². The first kappa shape index (κ1) is 25.8. The topological polar surface area (TPSA) is 51.8 Å².